The molecule has 2 saturated heterocycles. The average Bonchev–Trinajstić information content (AvgIpc) is 2.38. The van der Waals surface area contributed by atoms with Gasteiger partial charge in [0.25, 0.3) is 0 Å². The summed E-state index contributed by atoms with van der Waals surface area (Å²) in [6.07, 6.45) is 5.95. The SMILES string of the molecule is COC(=O)[C@H]1C(=O)N2[C@@H]1CCOC21CCCCC1. The molecule has 3 fully saturated rings. The molecule has 100 valence electrons. The van der Waals surface area contributed by atoms with Crippen molar-refractivity contribution in [3.63, 3.8) is 0 Å². The zero-order valence-corrected chi connectivity index (χ0v) is 10.7. The molecule has 2 atom stereocenters. The Labute approximate surface area is 106 Å². The second-order valence-electron chi connectivity index (χ2n) is 5.42. The maximum atomic E-state index is 12.2. The van der Waals surface area contributed by atoms with Gasteiger partial charge in [-0.2, -0.15) is 0 Å². The van der Waals surface area contributed by atoms with Crippen LogP contribution in [-0.4, -0.2) is 42.3 Å². The van der Waals surface area contributed by atoms with Crippen LogP contribution in [0.1, 0.15) is 38.5 Å². The molecule has 1 spiro atoms. The highest BCUT2D eigenvalue weighted by Gasteiger charge is 2.61. The number of fused-ring (bicyclic) bond motifs is 2. The highest BCUT2D eigenvalue weighted by molar-refractivity contribution is 6.03. The minimum Gasteiger partial charge on any atom is -0.468 e. The number of carbonyl (C=O) groups is 2. The number of hydrogen-bond acceptors (Lipinski definition) is 4. The van der Waals surface area contributed by atoms with Crippen molar-refractivity contribution < 1.29 is 19.1 Å². The van der Waals surface area contributed by atoms with Gasteiger partial charge in [0.15, 0.2) is 5.92 Å². The van der Waals surface area contributed by atoms with E-state index in [1.54, 1.807) is 0 Å². The Morgan fingerprint density at radius 1 is 1.39 bits per heavy atom. The second-order valence-corrected chi connectivity index (χ2v) is 5.42. The molecule has 0 unspecified atom stereocenters. The van der Waals surface area contributed by atoms with Gasteiger partial charge >= 0.3 is 5.97 Å². The van der Waals surface area contributed by atoms with E-state index in [1.807, 2.05) is 4.90 Å². The lowest BCUT2D eigenvalue weighted by Crippen LogP contribution is -2.75. The molecule has 1 amide bonds. The Balaban J connectivity index is 1.82. The molecule has 3 aliphatic rings. The summed E-state index contributed by atoms with van der Waals surface area (Å²) in [5.41, 5.74) is -0.414. The van der Waals surface area contributed by atoms with E-state index in [2.05, 4.69) is 0 Å². The van der Waals surface area contributed by atoms with Crippen molar-refractivity contribution in [1.29, 1.82) is 0 Å². The van der Waals surface area contributed by atoms with E-state index < -0.39 is 17.6 Å². The Morgan fingerprint density at radius 2 is 2.11 bits per heavy atom. The fourth-order valence-corrected chi connectivity index (χ4v) is 3.66. The summed E-state index contributed by atoms with van der Waals surface area (Å²) in [5.74, 6) is -1.08. The van der Waals surface area contributed by atoms with Crippen LogP contribution in [-0.2, 0) is 19.1 Å². The molecule has 5 heteroatoms. The first-order valence-electron chi connectivity index (χ1n) is 6.74. The van der Waals surface area contributed by atoms with E-state index in [0.717, 1.165) is 32.1 Å². The molecule has 1 aliphatic carbocycles. The van der Waals surface area contributed by atoms with E-state index in [1.165, 1.54) is 13.5 Å². The molecule has 0 aromatic carbocycles. The maximum absolute atomic E-state index is 12.2. The van der Waals surface area contributed by atoms with Gasteiger partial charge in [0, 0.05) is 0 Å². The Kier molecular flexibility index (Phi) is 2.81. The Bertz CT molecular complexity index is 370. The molecule has 0 bridgehead atoms. The number of β-lactam (4-membered cyclic amide) rings is 1. The number of methoxy groups -OCH3 is 1. The van der Waals surface area contributed by atoms with Crippen molar-refractivity contribution in [3.8, 4) is 0 Å². The van der Waals surface area contributed by atoms with Gasteiger partial charge in [-0.05, 0) is 32.1 Å². The molecule has 0 aromatic rings. The number of ether oxygens (including phenoxy) is 2. The largest absolute Gasteiger partial charge is 0.468 e. The van der Waals surface area contributed by atoms with Gasteiger partial charge in [0.05, 0.1) is 19.8 Å². The molecule has 2 aliphatic heterocycles. The molecule has 18 heavy (non-hydrogen) atoms. The summed E-state index contributed by atoms with van der Waals surface area (Å²) in [6, 6.07) is -0.00296. The van der Waals surface area contributed by atoms with Crippen molar-refractivity contribution in [1.82, 2.24) is 4.90 Å². The molecule has 0 N–H and O–H groups in total. The Morgan fingerprint density at radius 3 is 2.78 bits per heavy atom. The topological polar surface area (TPSA) is 55.8 Å². The highest BCUT2D eigenvalue weighted by Crippen LogP contribution is 2.47. The lowest BCUT2D eigenvalue weighted by molar-refractivity contribution is -0.255. The molecule has 0 aromatic heterocycles. The van der Waals surface area contributed by atoms with Gasteiger partial charge in [-0.25, -0.2) is 0 Å². The van der Waals surface area contributed by atoms with Crippen LogP contribution < -0.4 is 0 Å². The van der Waals surface area contributed by atoms with Gasteiger partial charge in [-0.1, -0.05) is 6.42 Å². The third-order valence-corrected chi connectivity index (χ3v) is 4.53. The number of esters is 1. The number of amides is 1. The summed E-state index contributed by atoms with van der Waals surface area (Å²) in [4.78, 5) is 25.7. The Hall–Kier alpha value is -1.10. The monoisotopic (exact) mass is 253 g/mol. The van der Waals surface area contributed by atoms with Crippen LogP contribution in [0.5, 0.6) is 0 Å². The van der Waals surface area contributed by atoms with E-state index in [9.17, 15) is 9.59 Å². The zero-order valence-electron chi connectivity index (χ0n) is 10.7. The first-order valence-corrected chi connectivity index (χ1v) is 6.74. The molecule has 1 saturated carbocycles. The van der Waals surface area contributed by atoms with Gasteiger partial charge in [-0.15, -0.1) is 0 Å². The van der Waals surface area contributed by atoms with Crippen molar-refractivity contribution >= 4 is 11.9 Å². The van der Waals surface area contributed by atoms with Gasteiger partial charge in [0.2, 0.25) is 5.91 Å². The molecular formula is C13H19NO4. The van der Waals surface area contributed by atoms with Crippen molar-refractivity contribution in [2.45, 2.75) is 50.3 Å². The standard InChI is InChI=1S/C13H19NO4/c1-17-12(16)10-9-5-8-18-13(14(9)11(10)15)6-3-2-4-7-13/h9-10H,2-8H2,1H3/t9-,10-/m1/s1. The summed E-state index contributed by atoms with van der Waals surface area (Å²) >= 11 is 0. The average molecular weight is 253 g/mol. The maximum Gasteiger partial charge on any atom is 0.320 e. The summed E-state index contributed by atoms with van der Waals surface area (Å²) in [7, 11) is 1.34. The van der Waals surface area contributed by atoms with E-state index >= 15 is 0 Å². The van der Waals surface area contributed by atoms with Crippen LogP contribution in [0.25, 0.3) is 0 Å². The number of nitrogens with zero attached hydrogens (tertiary/aromatic N) is 1. The molecule has 3 rings (SSSR count). The van der Waals surface area contributed by atoms with Gasteiger partial charge in [-0.3, -0.25) is 9.59 Å². The summed E-state index contributed by atoms with van der Waals surface area (Å²) < 4.78 is 10.6. The van der Waals surface area contributed by atoms with Gasteiger partial charge < -0.3 is 14.4 Å². The summed E-state index contributed by atoms with van der Waals surface area (Å²) in [6.45, 7) is 0.641. The second kappa shape index (κ2) is 4.23. The lowest BCUT2D eigenvalue weighted by Gasteiger charge is -2.59. The van der Waals surface area contributed by atoms with Crippen molar-refractivity contribution in [2.24, 2.45) is 5.92 Å². The number of carbonyl (C=O) groups excluding carboxylic acids is 2. The van der Waals surface area contributed by atoms with E-state index in [0.29, 0.717) is 6.61 Å². The van der Waals surface area contributed by atoms with Crippen LogP contribution in [0.4, 0.5) is 0 Å². The molecular weight excluding hydrogens is 234 g/mol. The number of rotatable bonds is 1. The van der Waals surface area contributed by atoms with Crippen LogP contribution in [0, 0.1) is 5.92 Å². The summed E-state index contributed by atoms with van der Waals surface area (Å²) in [5, 5.41) is 0. The van der Waals surface area contributed by atoms with Crippen LogP contribution in [0.2, 0.25) is 0 Å². The van der Waals surface area contributed by atoms with Gasteiger partial charge in [0.1, 0.15) is 5.72 Å². The zero-order chi connectivity index (χ0) is 12.8. The first kappa shape index (κ1) is 12.0. The number of hydrogen-bond donors (Lipinski definition) is 0. The van der Waals surface area contributed by atoms with Crippen LogP contribution in [0.15, 0.2) is 0 Å². The lowest BCUT2D eigenvalue weighted by atomic mass is 9.77. The predicted molar refractivity (Wildman–Crippen MR) is 62.5 cm³/mol. The normalized spacial score (nSPS) is 33.8. The van der Waals surface area contributed by atoms with E-state index in [-0.39, 0.29) is 11.9 Å². The van der Waals surface area contributed by atoms with E-state index in [4.69, 9.17) is 9.47 Å². The molecule has 0 radical (unpaired) electrons. The van der Waals surface area contributed by atoms with Crippen LogP contribution in [0.3, 0.4) is 0 Å². The highest BCUT2D eigenvalue weighted by atomic mass is 16.5. The smallest absolute Gasteiger partial charge is 0.320 e. The third-order valence-electron chi connectivity index (χ3n) is 4.53. The fourth-order valence-electron chi connectivity index (χ4n) is 3.66. The molecule has 2 heterocycles. The first-order chi connectivity index (χ1) is 8.69. The molecule has 5 nitrogen and oxygen atoms in total. The van der Waals surface area contributed by atoms with Crippen LogP contribution >= 0.6 is 0 Å². The third kappa shape index (κ3) is 1.49. The van der Waals surface area contributed by atoms with Crippen molar-refractivity contribution in [3.05, 3.63) is 0 Å². The van der Waals surface area contributed by atoms with Crippen molar-refractivity contribution in [2.75, 3.05) is 13.7 Å². The quantitative estimate of drug-likeness (QED) is 0.398. The fraction of sp³-hybridized carbons (Fsp3) is 0.846. The minimum atomic E-state index is -0.585. The minimum absolute atomic E-state index is 0.00296. The predicted octanol–water partition coefficient (Wildman–Crippen LogP) is 1.07.